The van der Waals surface area contributed by atoms with Crippen molar-refractivity contribution in [3.63, 3.8) is 0 Å². The maximum Gasteiger partial charge on any atom is 0.335 e. The second kappa shape index (κ2) is 9.78. The Morgan fingerprint density at radius 3 is 1.51 bits per heavy atom. The van der Waals surface area contributed by atoms with Crippen LogP contribution >= 0.6 is 0 Å². The fraction of sp³-hybridized carbons (Fsp3) is 0.107. The molecule has 0 spiro atoms. The smallest absolute Gasteiger partial charge is 0.335 e. The van der Waals surface area contributed by atoms with E-state index in [1.165, 1.54) is 12.3 Å². The van der Waals surface area contributed by atoms with Gasteiger partial charge in [0, 0.05) is 6.20 Å². The van der Waals surface area contributed by atoms with Crippen LogP contribution in [-0.2, 0) is 0 Å². The molecule has 0 amide bonds. The van der Waals surface area contributed by atoms with Crippen LogP contribution in [-0.4, -0.2) is 34.3 Å². The fourth-order valence-electron chi connectivity index (χ4n) is 4.66. The Hall–Kier alpha value is -5.45. The Morgan fingerprint density at radius 1 is 0.667 bits per heavy atom. The Kier molecular flexibility index (Phi) is 6.32. The molecule has 2 aromatic carbocycles. The first-order chi connectivity index (χ1) is 18.7. The molecule has 0 radical (unpaired) electrons. The minimum absolute atomic E-state index is 0.101. The highest BCUT2D eigenvalue weighted by Crippen LogP contribution is 2.36. The molecular weight excluding hydrogens is 502 g/mol. The van der Waals surface area contributed by atoms with E-state index >= 15 is 0 Å². The molecule has 0 unspecified atom stereocenters. The largest absolute Gasteiger partial charge is 0.494 e. The number of hydrogen-bond acceptors (Lipinski definition) is 7. The number of aromatic hydroxyl groups is 2. The van der Waals surface area contributed by atoms with Crippen LogP contribution < -0.4 is 22.5 Å². The zero-order valence-electron chi connectivity index (χ0n) is 20.9. The number of nitrogens with one attached hydrogen (secondary N) is 2. The van der Waals surface area contributed by atoms with E-state index in [9.17, 15) is 29.4 Å². The first-order valence-corrected chi connectivity index (χ1v) is 11.9. The molecule has 39 heavy (non-hydrogen) atoms. The second-order valence-corrected chi connectivity index (χ2v) is 8.92. The maximum atomic E-state index is 13.3. The van der Waals surface area contributed by atoms with Crippen molar-refractivity contribution in [2.24, 2.45) is 0 Å². The van der Waals surface area contributed by atoms with E-state index in [1.54, 1.807) is 74.5 Å². The van der Waals surface area contributed by atoms with Crippen molar-refractivity contribution in [2.45, 2.75) is 19.8 Å². The van der Waals surface area contributed by atoms with Crippen LogP contribution in [0.5, 0.6) is 11.8 Å². The third-order valence-electron chi connectivity index (χ3n) is 6.52. The Labute approximate surface area is 220 Å². The van der Waals surface area contributed by atoms with Crippen LogP contribution in [0.3, 0.4) is 0 Å². The molecular formula is C28H23N5O6. The van der Waals surface area contributed by atoms with Crippen molar-refractivity contribution < 1.29 is 10.2 Å². The molecule has 0 aliphatic heterocycles. The lowest BCUT2D eigenvalue weighted by Crippen LogP contribution is -2.37. The molecule has 0 atom stereocenters. The molecule has 11 nitrogen and oxygen atoms in total. The summed E-state index contributed by atoms with van der Waals surface area (Å²) in [6.45, 7) is 3.44. The summed E-state index contributed by atoms with van der Waals surface area (Å²) in [6, 6.07) is 18.1. The lowest BCUT2D eigenvalue weighted by molar-refractivity contribution is 0.411. The molecule has 0 bridgehead atoms. The first kappa shape index (κ1) is 25.2. The summed E-state index contributed by atoms with van der Waals surface area (Å²) in [4.78, 5) is 61.0. The van der Waals surface area contributed by atoms with Crippen molar-refractivity contribution in [2.75, 3.05) is 0 Å². The van der Waals surface area contributed by atoms with Gasteiger partial charge in [-0.15, -0.1) is 0 Å². The van der Waals surface area contributed by atoms with Gasteiger partial charge in [0.25, 0.3) is 11.1 Å². The molecule has 4 N–H and O–H groups in total. The van der Waals surface area contributed by atoms with Gasteiger partial charge in [0.1, 0.15) is 0 Å². The maximum absolute atomic E-state index is 13.3. The van der Waals surface area contributed by atoms with Crippen molar-refractivity contribution >= 4 is 0 Å². The van der Waals surface area contributed by atoms with Crippen molar-refractivity contribution in [1.29, 1.82) is 0 Å². The molecule has 0 aliphatic rings. The van der Waals surface area contributed by atoms with Gasteiger partial charge in [-0.1, -0.05) is 42.5 Å². The zero-order valence-corrected chi connectivity index (χ0v) is 20.9. The Morgan fingerprint density at radius 2 is 1.10 bits per heavy atom. The molecule has 0 saturated heterocycles. The quantitative estimate of drug-likeness (QED) is 0.273. The lowest BCUT2D eigenvalue weighted by atomic mass is 9.90. The minimum Gasteiger partial charge on any atom is -0.494 e. The number of aryl methyl sites for hydroxylation is 2. The highest BCUT2D eigenvalue weighted by Gasteiger charge is 2.34. The average molecular weight is 526 g/mol. The standard InChI is InChI=1S/C28H23N5O6/c1-15-9-3-5-12-18(15)32-25(36)21(23(34)30-27(32)38)20(17-11-7-8-14-29-17)22-24(35)31-28(39)33(26(22)37)19-13-6-4-10-16(19)2/h3-14,20,36-37H,1-2H3,(H,30,34,38)(H,31,35,39). The molecule has 196 valence electrons. The van der Waals surface area contributed by atoms with Gasteiger partial charge in [0.15, 0.2) is 0 Å². The van der Waals surface area contributed by atoms with Gasteiger partial charge in [-0.05, 0) is 49.2 Å². The molecule has 5 aromatic rings. The lowest BCUT2D eigenvalue weighted by Gasteiger charge is -2.21. The number of nitrogens with zero attached hydrogens (tertiary/aromatic N) is 3. The Bertz CT molecular complexity index is 1830. The number of hydrogen-bond donors (Lipinski definition) is 4. The number of pyridine rings is 1. The molecule has 0 aliphatic carbocycles. The number of aromatic nitrogens is 5. The van der Waals surface area contributed by atoms with Crippen LogP contribution in [0.2, 0.25) is 0 Å². The molecule has 11 heteroatoms. The molecule has 5 rings (SSSR count). The van der Waals surface area contributed by atoms with Crippen LogP contribution in [0.15, 0.2) is 92.1 Å². The summed E-state index contributed by atoms with van der Waals surface area (Å²) < 4.78 is 1.81. The summed E-state index contributed by atoms with van der Waals surface area (Å²) in [5.74, 6) is -2.98. The summed E-state index contributed by atoms with van der Waals surface area (Å²) in [5.41, 5.74) is -2.72. The second-order valence-electron chi connectivity index (χ2n) is 8.92. The zero-order chi connectivity index (χ0) is 27.8. The minimum atomic E-state index is -1.48. The summed E-state index contributed by atoms with van der Waals surface area (Å²) >= 11 is 0. The van der Waals surface area contributed by atoms with Gasteiger partial charge in [-0.3, -0.25) is 24.5 Å². The monoisotopic (exact) mass is 525 g/mol. The fourth-order valence-corrected chi connectivity index (χ4v) is 4.66. The van der Waals surface area contributed by atoms with Gasteiger partial charge < -0.3 is 10.2 Å². The predicted molar refractivity (Wildman–Crippen MR) is 143 cm³/mol. The summed E-state index contributed by atoms with van der Waals surface area (Å²) in [5, 5.41) is 22.9. The van der Waals surface area contributed by atoms with Crippen LogP contribution in [0, 0.1) is 13.8 Å². The highest BCUT2D eigenvalue weighted by atomic mass is 16.3. The van der Waals surface area contributed by atoms with Crippen LogP contribution in [0.25, 0.3) is 11.4 Å². The number of para-hydroxylation sites is 2. The number of rotatable bonds is 5. The van der Waals surface area contributed by atoms with Gasteiger partial charge in [0.05, 0.1) is 34.1 Å². The van der Waals surface area contributed by atoms with Gasteiger partial charge in [-0.2, -0.15) is 0 Å². The van der Waals surface area contributed by atoms with E-state index in [4.69, 9.17) is 0 Å². The van der Waals surface area contributed by atoms with E-state index in [0.29, 0.717) is 22.5 Å². The SMILES string of the molecule is Cc1ccccc1-n1c(O)c(C(c2ccccn2)c2c(O)n(-c3ccccc3C)c(=O)[nH]c2=O)c(=O)[nH]c1=O. The summed E-state index contributed by atoms with van der Waals surface area (Å²) in [7, 11) is 0. The van der Waals surface area contributed by atoms with E-state index in [1.807, 2.05) is 0 Å². The van der Waals surface area contributed by atoms with Crippen LogP contribution in [0.4, 0.5) is 0 Å². The average Bonchev–Trinajstić information content (AvgIpc) is 2.90. The molecule has 3 heterocycles. The predicted octanol–water partition coefficient (Wildman–Crippen LogP) is 1.97. The van der Waals surface area contributed by atoms with E-state index in [-0.39, 0.29) is 5.69 Å². The van der Waals surface area contributed by atoms with Gasteiger partial charge >= 0.3 is 11.4 Å². The highest BCUT2D eigenvalue weighted by molar-refractivity contribution is 5.52. The first-order valence-electron chi connectivity index (χ1n) is 11.9. The molecule has 0 fully saturated rings. The third kappa shape index (κ3) is 4.25. The summed E-state index contributed by atoms with van der Waals surface area (Å²) in [6.07, 6.45) is 1.41. The van der Waals surface area contributed by atoms with E-state index < -0.39 is 51.3 Å². The van der Waals surface area contributed by atoms with Crippen LogP contribution in [0.1, 0.15) is 33.9 Å². The van der Waals surface area contributed by atoms with E-state index in [2.05, 4.69) is 15.0 Å². The Balaban J connectivity index is 1.91. The normalized spacial score (nSPS) is 11.2. The van der Waals surface area contributed by atoms with Crippen molar-refractivity contribution in [3.05, 3.63) is 143 Å². The number of aromatic amines is 2. The van der Waals surface area contributed by atoms with Crippen molar-refractivity contribution in [3.8, 4) is 23.1 Å². The number of H-pyrrole nitrogens is 2. The topological polar surface area (TPSA) is 163 Å². The van der Waals surface area contributed by atoms with Gasteiger partial charge in [-0.25, -0.2) is 18.7 Å². The van der Waals surface area contributed by atoms with E-state index in [0.717, 1.165) is 9.13 Å². The van der Waals surface area contributed by atoms with Gasteiger partial charge in [0.2, 0.25) is 11.8 Å². The third-order valence-corrected chi connectivity index (χ3v) is 6.52. The number of benzene rings is 2. The molecule has 0 saturated carbocycles. The molecule has 3 aromatic heterocycles. The van der Waals surface area contributed by atoms with Crippen molar-refractivity contribution in [1.82, 2.24) is 24.1 Å².